The lowest BCUT2D eigenvalue weighted by atomic mass is 10.3. The zero-order valence-electron chi connectivity index (χ0n) is 7.21. The molecule has 0 N–H and O–H groups in total. The Labute approximate surface area is 77.2 Å². The van der Waals surface area contributed by atoms with Crippen LogP contribution >= 0.6 is 0 Å². The third-order valence-electron chi connectivity index (χ3n) is 1.80. The first-order valence-electron chi connectivity index (χ1n) is 3.86. The van der Waals surface area contributed by atoms with E-state index in [-0.39, 0.29) is 5.52 Å². The summed E-state index contributed by atoms with van der Waals surface area (Å²) >= 11 is 0. The minimum absolute atomic E-state index is 0.0249. The maximum Gasteiger partial charge on any atom is 0.435 e. The first-order chi connectivity index (χ1) is 6.48. The van der Waals surface area contributed by atoms with Crippen LogP contribution < -0.4 is 0 Å². The van der Waals surface area contributed by atoms with Gasteiger partial charge in [-0.15, -0.1) is 0 Å². The second-order valence-electron chi connectivity index (χ2n) is 2.90. The lowest BCUT2D eigenvalue weighted by Crippen LogP contribution is -2.06. The monoisotopic (exact) mass is 201 g/mol. The molecular formula is C8H6F3N3. The number of alkyl halides is 3. The maximum absolute atomic E-state index is 12.3. The highest BCUT2D eigenvalue weighted by Gasteiger charge is 2.35. The van der Waals surface area contributed by atoms with E-state index in [1.54, 1.807) is 6.92 Å². The summed E-state index contributed by atoms with van der Waals surface area (Å²) in [5.41, 5.74) is -0.281. The molecule has 2 heterocycles. The normalized spacial score (nSPS) is 12.3. The number of nitrogens with zero attached hydrogens (tertiary/aromatic N) is 3. The summed E-state index contributed by atoms with van der Waals surface area (Å²) in [4.78, 5) is 3.28. The van der Waals surface area contributed by atoms with E-state index in [0.29, 0.717) is 5.69 Å². The fraction of sp³-hybridized carbons (Fsp3) is 0.250. The van der Waals surface area contributed by atoms with Gasteiger partial charge in [0, 0.05) is 0 Å². The molecule has 14 heavy (non-hydrogen) atoms. The predicted octanol–water partition coefficient (Wildman–Crippen LogP) is 2.06. The molecule has 74 valence electrons. The van der Waals surface area contributed by atoms with E-state index in [0.717, 1.165) is 10.8 Å². The molecule has 0 atom stereocenters. The van der Waals surface area contributed by atoms with Gasteiger partial charge in [0.05, 0.1) is 11.2 Å². The van der Waals surface area contributed by atoms with E-state index in [1.807, 2.05) is 0 Å². The Bertz CT molecular complexity index is 472. The molecule has 0 aliphatic carbocycles. The van der Waals surface area contributed by atoms with Gasteiger partial charge in [0.2, 0.25) is 0 Å². The Balaban J connectivity index is 2.70. The Morgan fingerprint density at radius 2 is 2.00 bits per heavy atom. The van der Waals surface area contributed by atoms with Gasteiger partial charge in [-0.2, -0.15) is 18.3 Å². The van der Waals surface area contributed by atoms with Crippen molar-refractivity contribution in [1.29, 1.82) is 0 Å². The summed E-state index contributed by atoms with van der Waals surface area (Å²) < 4.78 is 38.2. The molecule has 0 bridgehead atoms. The Hall–Kier alpha value is -1.59. The second-order valence-corrected chi connectivity index (χ2v) is 2.90. The van der Waals surface area contributed by atoms with E-state index < -0.39 is 11.9 Å². The molecule has 0 unspecified atom stereocenters. The van der Waals surface area contributed by atoms with E-state index in [1.165, 1.54) is 12.1 Å². The molecule has 6 heteroatoms. The minimum Gasteiger partial charge on any atom is -0.230 e. The van der Waals surface area contributed by atoms with Gasteiger partial charge in [-0.05, 0) is 19.1 Å². The van der Waals surface area contributed by atoms with Crippen LogP contribution in [0.5, 0.6) is 0 Å². The van der Waals surface area contributed by atoms with Crippen molar-refractivity contribution in [3.63, 3.8) is 0 Å². The molecule has 0 amide bonds. The van der Waals surface area contributed by atoms with Crippen molar-refractivity contribution in [2.45, 2.75) is 13.1 Å². The van der Waals surface area contributed by atoms with Crippen molar-refractivity contribution >= 4 is 5.52 Å². The Morgan fingerprint density at radius 3 is 2.64 bits per heavy atom. The molecule has 0 aliphatic heterocycles. The number of aryl methyl sites for hydroxylation is 1. The van der Waals surface area contributed by atoms with Crippen LogP contribution in [0.4, 0.5) is 13.2 Å². The first kappa shape index (κ1) is 8.98. The fourth-order valence-electron chi connectivity index (χ4n) is 1.21. The van der Waals surface area contributed by atoms with Crippen molar-refractivity contribution in [3.05, 3.63) is 29.8 Å². The Kier molecular flexibility index (Phi) is 1.73. The van der Waals surface area contributed by atoms with Crippen LogP contribution in [0.3, 0.4) is 0 Å². The molecule has 2 aromatic rings. The number of fused-ring (bicyclic) bond motifs is 1. The highest BCUT2D eigenvalue weighted by Crippen LogP contribution is 2.30. The van der Waals surface area contributed by atoms with Crippen LogP contribution in [0, 0.1) is 6.92 Å². The zero-order chi connectivity index (χ0) is 10.3. The minimum atomic E-state index is -4.42. The van der Waals surface area contributed by atoms with Gasteiger partial charge in [0.1, 0.15) is 6.33 Å². The second kappa shape index (κ2) is 2.70. The molecule has 0 radical (unpaired) electrons. The smallest absolute Gasteiger partial charge is 0.230 e. The van der Waals surface area contributed by atoms with E-state index in [9.17, 15) is 13.2 Å². The van der Waals surface area contributed by atoms with Gasteiger partial charge in [0.25, 0.3) is 0 Å². The third kappa shape index (κ3) is 1.32. The summed E-state index contributed by atoms with van der Waals surface area (Å²) in [6.07, 6.45) is -3.36. The summed E-state index contributed by atoms with van der Waals surface area (Å²) in [5.74, 6) is 0. The number of imidazole rings is 1. The molecule has 0 aromatic carbocycles. The van der Waals surface area contributed by atoms with Crippen molar-refractivity contribution in [3.8, 4) is 0 Å². The summed E-state index contributed by atoms with van der Waals surface area (Å²) in [6, 6.07) is 2.88. The number of rotatable bonds is 0. The molecular weight excluding hydrogens is 195 g/mol. The lowest BCUT2D eigenvalue weighted by Gasteiger charge is -2.02. The number of halogens is 3. The molecule has 3 nitrogen and oxygen atoms in total. The molecule has 0 aliphatic rings. The van der Waals surface area contributed by atoms with E-state index >= 15 is 0 Å². The standard InChI is InChI=1S/C8H6F3N3/c1-5-2-3-6-7(8(9,10)11)12-4-14(6)13-5/h2-4H,1H3. The summed E-state index contributed by atoms with van der Waals surface area (Å²) in [6.45, 7) is 1.70. The SMILES string of the molecule is Cc1ccc2c(C(F)(F)F)ncn2n1. The van der Waals surface area contributed by atoms with Crippen molar-refractivity contribution < 1.29 is 13.2 Å². The van der Waals surface area contributed by atoms with Gasteiger partial charge in [0.15, 0.2) is 5.69 Å². The van der Waals surface area contributed by atoms with Gasteiger partial charge in [-0.3, -0.25) is 0 Å². The van der Waals surface area contributed by atoms with Gasteiger partial charge in [-0.1, -0.05) is 0 Å². The molecule has 0 spiro atoms. The van der Waals surface area contributed by atoms with Crippen LogP contribution in [-0.2, 0) is 6.18 Å². The van der Waals surface area contributed by atoms with Crippen LogP contribution in [0.25, 0.3) is 5.52 Å². The maximum atomic E-state index is 12.3. The Morgan fingerprint density at radius 1 is 1.29 bits per heavy atom. The van der Waals surface area contributed by atoms with Gasteiger partial charge in [-0.25, -0.2) is 9.50 Å². The number of hydrogen-bond acceptors (Lipinski definition) is 2. The topological polar surface area (TPSA) is 30.2 Å². The van der Waals surface area contributed by atoms with E-state index in [4.69, 9.17) is 0 Å². The van der Waals surface area contributed by atoms with Gasteiger partial charge >= 0.3 is 6.18 Å². The van der Waals surface area contributed by atoms with Crippen molar-refractivity contribution in [1.82, 2.24) is 14.6 Å². The van der Waals surface area contributed by atoms with Gasteiger partial charge < -0.3 is 0 Å². The first-order valence-corrected chi connectivity index (χ1v) is 3.86. The summed E-state index contributed by atoms with van der Waals surface area (Å²) in [7, 11) is 0. The average Bonchev–Trinajstić information content (AvgIpc) is 2.45. The number of hydrogen-bond donors (Lipinski definition) is 0. The quantitative estimate of drug-likeness (QED) is 0.653. The molecule has 2 aromatic heterocycles. The predicted molar refractivity (Wildman–Crippen MR) is 42.7 cm³/mol. The third-order valence-corrected chi connectivity index (χ3v) is 1.80. The number of aromatic nitrogens is 3. The van der Waals surface area contributed by atoms with Crippen molar-refractivity contribution in [2.75, 3.05) is 0 Å². The highest BCUT2D eigenvalue weighted by molar-refractivity contribution is 5.52. The van der Waals surface area contributed by atoms with Crippen LogP contribution in [0.1, 0.15) is 11.4 Å². The average molecular weight is 201 g/mol. The largest absolute Gasteiger partial charge is 0.435 e. The molecule has 0 fully saturated rings. The molecule has 2 rings (SSSR count). The zero-order valence-corrected chi connectivity index (χ0v) is 7.21. The van der Waals surface area contributed by atoms with E-state index in [2.05, 4.69) is 10.1 Å². The van der Waals surface area contributed by atoms with Crippen molar-refractivity contribution in [2.24, 2.45) is 0 Å². The van der Waals surface area contributed by atoms with Crippen LogP contribution in [0.2, 0.25) is 0 Å². The van der Waals surface area contributed by atoms with Crippen LogP contribution in [-0.4, -0.2) is 14.6 Å². The summed E-state index contributed by atoms with van der Waals surface area (Å²) in [5, 5.41) is 3.86. The lowest BCUT2D eigenvalue weighted by molar-refractivity contribution is -0.139. The van der Waals surface area contributed by atoms with Crippen LogP contribution in [0.15, 0.2) is 18.5 Å². The molecule has 0 saturated heterocycles. The molecule has 0 saturated carbocycles. The highest BCUT2D eigenvalue weighted by atomic mass is 19.4. The fourth-order valence-corrected chi connectivity index (χ4v) is 1.21.